The van der Waals surface area contributed by atoms with E-state index in [-0.39, 0.29) is 17.7 Å². The van der Waals surface area contributed by atoms with Crippen molar-refractivity contribution >= 4 is 22.7 Å². The van der Waals surface area contributed by atoms with E-state index in [0.717, 1.165) is 18.7 Å². The number of aromatic nitrogens is 4. The van der Waals surface area contributed by atoms with E-state index in [4.69, 9.17) is 14.5 Å². The van der Waals surface area contributed by atoms with Gasteiger partial charge in [0.2, 0.25) is 5.95 Å². The average molecular weight is 496 g/mol. The van der Waals surface area contributed by atoms with Gasteiger partial charge in [-0.15, -0.1) is 0 Å². The lowest BCUT2D eigenvalue weighted by molar-refractivity contribution is -0.0494. The largest absolute Gasteiger partial charge is 0.433 e. The molecular formula is C26H24F3N5O2. The summed E-state index contributed by atoms with van der Waals surface area (Å²) in [5, 5.41) is 0. The number of rotatable bonds is 5. The summed E-state index contributed by atoms with van der Waals surface area (Å²) in [6, 6.07) is 9.70. The van der Waals surface area contributed by atoms with Crippen LogP contribution in [0, 0.1) is 5.82 Å². The number of ether oxygens (including phenoxy) is 2. The Kier molecular flexibility index (Phi) is 5.75. The van der Waals surface area contributed by atoms with Gasteiger partial charge in [0.05, 0.1) is 22.8 Å². The summed E-state index contributed by atoms with van der Waals surface area (Å²) in [5.41, 5.74) is 2.64. The molecule has 10 heteroatoms. The summed E-state index contributed by atoms with van der Waals surface area (Å²) in [6.45, 7) is 0.921. The third-order valence-corrected chi connectivity index (χ3v) is 6.83. The van der Waals surface area contributed by atoms with Crippen LogP contribution in [0.1, 0.15) is 37.5 Å². The van der Waals surface area contributed by atoms with Crippen LogP contribution in [0.3, 0.4) is 0 Å². The Labute approximate surface area is 205 Å². The molecule has 0 amide bonds. The Morgan fingerprint density at radius 3 is 2.58 bits per heavy atom. The van der Waals surface area contributed by atoms with Crippen molar-refractivity contribution in [3.8, 4) is 16.9 Å². The SMILES string of the molecule is CC1CN(c2ccccc2OC(F)F)c2nc3cc(-c4cnc(C5CCOCC5)nc4)c(F)cc3n21. The number of anilines is 2. The quantitative estimate of drug-likeness (QED) is 0.347. The van der Waals surface area contributed by atoms with Gasteiger partial charge in [-0.2, -0.15) is 8.78 Å². The molecule has 186 valence electrons. The summed E-state index contributed by atoms with van der Waals surface area (Å²) in [6.07, 6.45) is 5.05. The highest BCUT2D eigenvalue weighted by Crippen LogP contribution is 2.43. The second kappa shape index (κ2) is 9.09. The summed E-state index contributed by atoms with van der Waals surface area (Å²) in [5.74, 6) is 1.21. The van der Waals surface area contributed by atoms with Crippen LogP contribution in [-0.4, -0.2) is 45.9 Å². The third kappa shape index (κ3) is 3.95. The molecule has 4 aromatic rings. The lowest BCUT2D eigenvalue weighted by atomic mass is 9.99. The van der Waals surface area contributed by atoms with E-state index in [2.05, 4.69) is 9.97 Å². The zero-order valence-electron chi connectivity index (χ0n) is 19.6. The number of fused-ring (bicyclic) bond motifs is 3. The van der Waals surface area contributed by atoms with Gasteiger partial charge in [-0.1, -0.05) is 12.1 Å². The van der Waals surface area contributed by atoms with Gasteiger partial charge in [-0.25, -0.2) is 19.3 Å². The highest BCUT2D eigenvalue weighted by atomic mass is 19.3. The highest BCUT2D eigenvalue weighted by Gasteiger charge is 2.32. The van der Waals surface area contributed by atoms with Gasteiger partial charge in [0.25, 0.3) is 0 Å². The first-order chi connectivity index (χ1) is 17.5. The first kappa shape index (κ1) is 22.8. The minimum absolute atomic E-state index is 0.0584. The van der Waals surface area contributed by atoms with Gasteiger partial charge < -0.3 is 18.9 Å². The van der Waals surface area contributed by atoms with E-state index in [1.165, 1.54) is 12.1 Å². The fraction of sp³-hybridized carbons (Fsp3) is 0.346. The maximum atomic E-state index is 15.3. The van der Waals surface area contributed by atoms with Gasteiger partial charge in [0.1, 0.15) is 17.4 Å². The van der Waals surface area contributed by atoms with Crippen molar-refractivity contribution in [3.05, 3.63) is 60.4 Å². The van der Waals surface area contributed by atoms with Gasteiger partial charge in [-0.05, 0) is 38.0 Å². The van der Waals surface area contributed by atoms with Crippen molar-refractivity contribution < 1.29 is 22.6 Å². The average Bonchev–Trinajstić information content (AvgIpc) is 3.41. The van der Waals surface area contributed by atoms with Crippen molar-refractivity contribution in [2.75, 3.05) is 24.7 Å². The normalized spacial score (nSPS) is 18.2. The predicted octanol–water partition coefficient (Wildman–Crippen LogP) is 5.84. The summed E-state index contributed by atoms with van der Waals surface area (Å²) in [4.78, 5) is 15.6. The number of hydrogen-bond acceptors (Lipinski definition) is 6. The molecule has 0 radical (unpaired) electrons. The molecule has 0 bridgehead atoms. The molecule has 2 aliphatic rings. The second-order valence-corrected chi connectivity index (χ2v) is 9.13. The second-order valence-electron chi connectivity index (χ2n) is 9.13. The van der Waals surface area contributed by atoms with E-state index in [1.54, 1.807) is 36.7 Å². The molecule has 36 heavy (non-hydrogen) atoms. The molecule has 0 spiro atoms. The minimum Gasteiger partial charge on any atom is -0.433 e. The number of benzene rings is 2. The molecule has 6 rings (SSSR count). The Bertz CT molecular complexity index is 1400. The lowest BCUT2D eigenvalue weighted by Crippen LogP contribution is -2.17. The topological polar surface area (TPSA) is 65.3 Å². The summed E-state index contributed by atoms with van der Waals surface area (Å²) < 4.78 is 53.4. The van der Waals surface area contributed by atoms with E-state index >= 15 is 4.39 Å². The van der Waals surface area contributed by atoms with Crippen molar-refractivity contribution in [3.63, 3.8) is 0 Å². The molecule has 1 fully saturated rings. The zero-order chi connectivity index (χ0) is 24.8. The van der Waals surface area contributed by atoms with Gasteiger partial charge in [0, 0.05) is 55.3 Å². The van der Waals surface area contributed by atoms with Crippen LogP contribution in [0.2, 0.25) is 0 Å². The molecule has 4 heterocycles. The molecule has 0 aliphatic carbocycles. The van der Waals surface area contributed by atoms with Gasteiger partial charge in [0.15, 0.2) is 0 Å². The van der Waals surface area contributed by atoms with E-state index < -0.39 is 12.4 Å². The number of halogens is 3. The van der Waals surface area contributed by atoms with E-state index in [0.29, 0.717) is 53.6 Å². The highest BCUT2D eigenvalue weighted by molar-refractivity contribution is 5.86. The van der Waals surface area contributed by atoms with Crippen LogP contribution in [0.4, 0.5) is 24.8 Å². The molecule has 2 aromatic heterocycles. The van der Waals surface area contributed by atoms with Crippen LogP contribution in [-0.2, 0) is 4.74 Å². The fourth-order valence-electron chi connectivity index (χ4n) is 5.10. The molecule has 0 saturated carbocycles. The Balaban J connectivity index is 1.37. The van der Waals surface area contributed by atoms with Crippen molar-refractivity contribution in [2.45, 2.75) is 38.3 Å². The molecule has 1 saturated heterocycles. The van der Waals surface area contributed by atoms with Crippen LogP contribution in [0.15, 0.2) is 48.8 Å². The number of imidazole rings is 1. The third-order valence-electron chi connectivity index (χ3n) is 6.83. The molecule has 1 atom stereocenters. The fourth-order valence-corrected chi connectivity index (χ4v) is 5.10. The molecule has 7 nitrogen and oxygen atoms in total. The number of hydrogen-bond donors (Lipinski definition) is 0. The summed E-state index contributed by atoms with van der Waals surface area (Å²) in [7, 11) is 0. The van der Waals surface area contributed by atoms with Crippen LogP contribution in [0.5, 0.6) is 5.75 Å². The predicted molar refractivity (Wildman–Crippen MR) is 128 cm³/mol. The first-order valence-corrected chi connectivity index (χ1v) is 11.9. The Morgan fingerprint density at radius 1 is 1.08 bits per heavy atom. The van der Waals surface area contributed by atoms with Crippen LogP contribution in [0.25, 0.3) is 22.2 Å². The number of nitrogens with zero attached hydrogens (tertiary/aromatic N) is 5. The smallest absolute Gasteiger partial charge is 0.387 e. The maximum absolute atomic E-state index is 15.3. The maximum Gasteiger partial charge on any atom is 0.387 e. The molecule has 0 N–H and O–H groups in total. The molecule has 1 unspecified atom stereocenters. The Morgan fingerprint density at radius 2 is 1.83 bits per heavy atom. The van der Waals surface area contributed by atoms with Gasteiger partial charge in [-0.3, -0.25) is 0 Å². The van der Waals surface area contributed by atoms with Crippen LogP contribution < -0.4 is 9.64 Å². The first-order valence-electron chi connectivity index (χ1n) is 11.9. The monoisotopic (exact) mass is 495 g/mol. The Hall–Kier alpha value is -3.66. The molecule has 2 aliphatic heterocycles. The molecular weight excluding hydrogens is 471 g/mol. The number of para-hydroxylation sites is 2. The summed E-state index contributed by atoms with van der Waals surface area (Å²) >= 11 is 0. The van der Waals surface area contributed by atoms with Crippen LogP contribution >= 0.6 is 0 Å². The zero-order valence-corrected chi connectivity index (χ0v) is 19.6. The standard InChI is InChI=1S/C26H24F3N5O2/c1-15-14-33(21-4-2-3-5-23(21)36-25(28)29)26-32-20-10-18(19(27)11-22(20)34(15)26)17-12-30-24(31-13-17)16-6-8-35-9-7-16/h2-5,10-13,15-16,25H,6-9,14H2,1H3. The van der Waals surface area contributed by atoms with E-state index in [9.17, 15) is 8.78 Å². The van der Waals surface area contributed by atoms with E-state index in [1.807, 2.05) is 16.4 Å². The van der Waals surface area contributed by atoms with Gasteiger partial charge >= 0.3 is 6.61 Å². The minimum atomic E-state index is -2.94. The van der Waals surface area contributed by atoms with Crippen molar-refractivity contribution in [2.24, 2.45) is 0 Å². The lowest BCUT2D eigenvalue weighted by Gasteiger charge is -2.20. The van der Waals surface area contributed by atoms with Crippen molar-refractivity contribution in [1.82, 2.24) is 19.5 Å². The molecule has 2 aromatic carbocycles. The van der Waals surface area contributed by atoms with Crippen molar-refractivity contribution in [1.29, 1.82) is 0 Å². The number of alkyl halides is 2.